The largest absolute Gasteiger partial charge is 0.491 e. The van der Waals surface area contributed by atoms with Crippen molar-refractivity contribution in [2.75, 3.05) is 13.2 Å². The summed E-state index contributed by atoms with van der Waals surface area (Å²) >= 11 is 0. The van der Waals surface area contributed by atoms with Gasteiger partial charge in [-0.2, -0.15) is 0 Å². The van der Waals surface area contributed by atoms with Crippen LogP contribution in [0.2, 0.25) is 0 Å². The number of benzene rings is 1. The van der Waals surface area contributed by atoms with Crippen LogP contribution in [0.1, 0.15) is 29.9 Å². The van der Waals surface area contributed by atoms with E-state index in [1.807, 2.05) is 37.3 Å². The lowest BCUT2D eigenvalue weighted by atomic mass is 10.1. The summed E-state index contributed by atoms with van der Waals surface area (Å²) in [5, 5.41) is 3.41. The minimum atomic E-state index is 0.289. The first-order valence-electron chi connectivity index (χ1n) is 7.31. The maximum atomic E-state index is 5.80. The molecule has 1 aliphatic rings. The van der Waals surface area contributed by atoms with Crippen LogP contribution in [0.25, 0.3) is 0 Å². The van der Waals surface area contributed by atoms with Crippen molar-refractivity contribution in [1.82, 2.24) is 10.3 Å². The van der Waals surface area contributed by atoms with Gasteiger partial charge in [0.15, 0.2) is 0 Å². The van der Waals surface area contributed by atoms with Crippen LogP contribution in [0.3, 0.4) is 0 Å². The molecule has 3 rings (SSSR count). The van der Waals surface area contributed by atoms with Crippen LogP contribution in [-0.2, 0) is 6.61 Å². The number of ether oxygens (including phenoxy) is 2. The van der Waals surface area contributed by atoms with Gasteiger partial charge >= 0.3 is 0 Å². The SMILES string of the molecule is CCNC1COc2cc(OCc3cccc(C)n3)ccc21. The molecule has 4 nitrogen and oxygen atoms in total. The molecule has 1 aliphatic heterocycles. The maximum absolute atomic E-state index is 5.80. The lowest BCUT2D eigenvalue weighted by Crippen LogP contribution is -2.21. The lowest BCUT2D eigenvalue weighted by molar-refractivity contribution is 0.294. The van der Waals surface area contributed by atoms with E-state index >= 15 is 0 Å². The minimum Gasteiger partial charge on any atom is -0.491 e. The van der Waals surface area contributed by atoms with E-state index in [4.69, 9.17) is 9.47 Å². The summed E-state index contributed by atoms with van der Waals surface area (Å²) in [6.45, 7) is 6.17. The highest BCUT2D eigenvalue weighted by Crippen LogP contribution is 2.35. The van der Waals surface area contributed by atoms with Gasteiger partial charge in [0, 0.05) is 17.3 Å². The number of nitrogens with one attached hydrogen (secondary N) is 1. The molecule has 0 aliphatic carbocycles. The summed E-state index contributed by atoms with van der Waals surface area (Å²) < 4.78 is 11.5. The second-order valence-electron chi connectivity index (χ2n) is 5.18. The van der Waals surface area contributed by atoms with Crippen molar-refractivity contribution >= 4 is 0 Å². The van der Waals surface area contributed by atoms with Crippen LogP contribution in [0.15, 0.2) is 36.4 Å². The first kappa shape index (κ1) is 13.9. The van der Waals surface area contributed by atoms with Gasteiger partial charge < -0.3 is 14.8 Å². The molecular weight excluding hydrogens is 264 g/mol. The number of aromatic nitrogens is 1. The van der Waals surface area contributed by atoms with Crippen molar-refractivity contribution < 1.29 is 9.47 Å². The topological polar surface area (TPSA) is 43.4 Å². The Bertz CT molecular complexity index is 628. The van der Waals surface area contributed by atoms with Crippen LogP contribution in [0.5, 0.6) is 11.5 Å². The van der Waals surface area contributed by atoms with Gasteiger partial charge in [0.25, 0.3) is 0 Å². The van der Waals surface area contributed by atoms with Crippen LogP contribution in [0, 0.1) is 6.92 Å². The zero-order valence-electron chi connectivity index (χ0n) is 12.4. The predicted molar refractivity (Wildman–Crippen MR) is 81.7 cm³/mol. The summed E-state index contributed by atoms with van der Waals surface area (Å²) in [6.07, 6.45) is 0. The van der Waals surface area contributed by atoms with Crippen molar-refractivity contribution in [2.45, 2.75) is 26.5 Å². The molecule has 1 unspecified atom stereocenters. The Morgan fingerprint density at radius 3 is 3.05 bits per heavy atom. The Balaban J connectivity index is 1.68. The monoisotopic (exact) mass is 284 g/mol. The summed E-state index contributed by atoms with van der Waals surface area (Å²) in [7, 11) is 0. The van der Waals surface area contributed by atoms with Gasteiger partial charge in [-0.05, 0) is 37.7 Å². The molecule has 4 heteroatoms. The third kappa shape index (κ3) is 3.16. The predicted octanol–water partition coefficient (Wildman–Crippen LogP) is 3.01. The molecule has 1 aromatic heterocycles. The average molecular weight is 284 g/mol. The number of likely N-dealkylation sites (N-methyl/N-ethyl adjacent to an activating group) is 1. The van der Waals surface area contributed by atoms with Crippen LogP contribution in [-0.4, -0.2) is 18.1 Å². The van der Waals surface area contributed by atoms with Crippen molar-refractivity contribution in [1.29, 1.82) is 0 Å². The third-order valence-electron chi connectivity index (χ3n) is 3.55. The molecule has 21 heavy (non-hydrogen) atoms. The standard InChI is InChI=1S/C17H20N2O2/c1-3-18-16-11-21-17-9-14(7-8-15(16)17)20-10-13-6-4-5-12(2)19-13/h4-9,16,18H,3,10-11H2,1-2H3. The van der Waals surface area contributed by atoms with Crippen molar-refractivity contribution in [3.63, 3.8) is 0 Å². The first-order valence-corrected chi connectivity index (χ1v) is 7.31. The number of pyridine rings is 1. The van der Waals surface area contributed by atoms with Crippen LogP contribution >= 0.6 is 0 Å². The molecule has 0 amide bonds. The summed E-state index contributed by atoms with van der Waals surface area (Å²) in [6, 6.07) is 12.3. The smallest absolute Gasteiger partial charge is 0.130 e. The quantitative estimate of drug-likeness (QED) is 0.916. The zero-order valence-corrected chi connectivity index (χ0v) is 12.4. The van der Waals surface area contributed by atoms with Crippen molar-refractivity contribution in [2.24, 2.45) is 0 Å². The van der Waals surface area contributed by atoms with Gasteiger partial charge in [0.05, 0.1) is 11.7 Å². The fourth-order valence-corrected chi connectivity index (χ4v) is 2.53. The van der Waals surface area contributed by atoms with E-state index in [-0.39, 0.29) is 6.04 Å². The molecule has 110 valence electrons. The Labute approximate surface area is 125 Å². The Hall–Kier alpha value is -2.07. The number of hydrogen-bond donors (Lipinski definition) is 1. The second kappa shape index (κ2) is 6.14. The number of aryl methyl sites for hydroxylation is 1. The molecule has 1 N–H and O–H groups in total. The fraction of sp³-hybridized carbons (Fsp3) is 0.353. The summed E-state index contributed by atoms with van der Waals surface area (Å²) in [4.78, 5) is 4.43. The van der Waals surface area contributed by atoms with E-state index in [0.717, 1.165) is 29.4 Å². The van der Waals surface area contributed by atoms with E-state index in [1.54, 1.807) is 0 Å². The van der Waals surface area contributed by atoms with Gasteiger partial charge in [-0.1, -0.05) is 13.0 Å². The van der Waals surface area contributed by atoms with Crippen molar-refractivity contribution in [3.8, 4) is 11.5 Å². The molecular formula is C17H20N2O2. The second-order valence-corrected chi connectivity index (χ2v) is 5.18. The molecule has 0 saturated heterocycles. The van der Waals surface area contributed by atoms with Crippen molar-refractivity contribution in [3.05, 3.63) is 53.3 Å². The van der Waals surface area contributed by atoms with E-state index < -0.39 is 0 Å². The molecule has 2 heterocycles. The Morgan fingerprint density at radius 2 is 2.24 bits per heavy atom. The number of rotatable bonds is 5. The normalized spacial score (nSPS) is 16.4. The number of fused-ring (bicyclic) bond motifs is 1. The molecule has 0 saturated carbocycles. The summed E-state index contributed by atoms with van der Waals surface area (Å²) in [5.74, 6) is 1.73. The van der Waals surface area contributed by atoms with Crippen LogP contribution < -0.4 is 14.8 Å². The highest BCUT2D eigenvalue weighted by Gasteiger charge is 2.23. The highest BCUT2D eigenvalue weighted by molar-refractivity contribution is 5.45. The van der Waals surface area contributed by atoms with Gasteiger partial charge in [0.2, 0.25) is 0 Å². The van der Waals surface area contributed by atoms with Gasteiger partial charge in [-0.15, -0.1) is 0 Å². The average Bonchev–Trinajstić information content (AvgIpc) is 2.88. The zero-order chi connectivity index (χ0) is 14.7. The fourth-order valence-electron chi connectivity index (χ4n) is 2.53. The van der Waals surface area contributed by atoms with Gasteiger partial charge in [0.1, 0.15) is 24.7 Å². The summed E-state index contributed by atoms with van der Waals surface area (Å²) in [5.41, 5.74) is 3.14. The molecule has 0 radical (unpaired) electrons. The molecule has 1 atom stereocenters. The van der Waals surface area contributed by atoms with Crippen LogP contribution in [0.4, 0.5) is 0 Å². The molecule has 0 fully saturated rings. The minimum absolute atomic E-state index is 0.289. The van der Waals surface area contributed by atoms with E-state index in [0.29, 0.717) is 13.2 Å². The third-order valence-corrected chi connectivity index (χ3v) is 3.55. The molecule has 2 aromatic rings. The molecule has 0 spiro atoms. The van der Waals surface area contributed by atoms with Gasteiger partial charge in [-0.25, -0.2) is 0 Å². The molecule has 1 aromatic carbocycles. The number of nitrogens with zero attached hydrogens (tertiary/aromatic N) is 1. The van der Waals surface area contributed by atoms with Gasteiger partial charge in [-0.3, -0.25) is 4.98 Å². The van der Waals surface area contributed by atoms with E-state index in [2.05, 4.69) is 23.3 Å². The maximum Gasteiger partial charge on any atom is 0.130 e. The lowest BCUT2D eigenvalue weighted by Gasteiger charge is -2.10. The Kier molecular flexibility index (Phi) is 4.06. The Morgan fingerprint density at radius 1 is 1.33 bits per heavy atom. The van der Waals surface area contributed by atoms with E-state index in [9.17, 15) is 0 Å². The van der Waals surface area contributed by atoms with E-state index in [1.165, 1.54) is 5.56 Å². The molecule has 0 bridgehead atoms. The first-order chi connectivity index (χ1) is 10.3. The number of hydrogen-bond acceptors (Lipinski definition) is 4. The highest BCUT2D eigenvalue weighted by atomic mass is 16.5.